The number of esters is 1. The van der Waals surface area contributed by atoms with Gasteiger partial charge < -0.3 is 14.8 Å². The Kier molecular flexibility index (Phi) is 6.07. The number of aryl methyl sites for hydroxylation is 1. The van der Waals surface area contributed by atoms with Gasteiger partial charge in [-0.15, -0.1) is 0 Å². The van der Waals surface area contributed by atoms with Crippen LogP contribution < -0.4 is 10.1 Å². The maximum atomic E-state index is 12.7. The van der Waals surface area contributed by atoms with E-state index in [1.807, 2.05) is 6.92 Å². The van der Waals surface area contributed by atoms with Crippen molar-refractivity contribution in [3.63, 3.8) is 0 Å². The molecule has 30 heavy (non-hydrogen) atoms. The zero-order valence-electron chi connectivity index (χ0n) is 16.2. The molecule has 0 spiro atoms. The molecule has 0 aromatic heterocycles. The summed E-state index contributed by atoms with van der Waals surface area (Å²) >= 11 is 0. The molecule has 0 bridgehead atoms. The molecule has 0 radical (unpaired) electrons. The molecule has 1 N–H and O–H groups in total. The number of hydrogen-bond acceptors (Lipinski definition) is 6. The van der Waals surface area contributed by atoms with Crippen molar-refractivity contribution in [1.29, 1.82) is 0 Å². The first-order valence-corrected chi connectivity index (χ1v) is 8.90. The van der Waals surface area contributed by atoms with Gasteiger partial charge in [-0.1, -0.05) is 12.1 Å². The topological polar surface area (TPSA) is 108 Å². The molecule has 0 aliphatic heterocycles. The molecule has 3 rings (SSSR count). The molecule has 0 fully saturated rings. The van der Waals surface area contributed by atoms with Crippen LogP contribution in [0.2, 0.25) is 0 Å². The highest BCUT2D eigenvalue weighted by Gasteiger charge is 2.13. The first-order valence-electron chi connectivity index (χ1n) is 8.90. The van der Waals surface area contributed by atoms with E-state index in [0.29, 0.717) is 28.3 Å². The molecule has 0 aliphatic rings. The van der Waals surface area contributed by atoms with Gasteiger partial charge in [0, 0.05) is 23.4 Å². The number of amides is 1. The highest BCUT2D eigenvalue weighted by Crippen LogP contribution is 2.25. The van der Waals surface area contributed by atoms with Crippen molar-refractivity contribution < 1.29 is 24.0 Å². The molecule has 0 saturated carbocycles. The van der Waals surface area contributed by atoms with Gasteiger partial charge >= 0.3 is 5.97 Å². The number of methoxy groups -OCH3 is 1. The van der Waals surface area contributed by atoms with E-state index in [0.717, 1.165) is 5.56 Å². The number of nitrogens with one attached hydrogen (secondary N) is 1. The molecule has 1 amide bonds. The lowest BCUT2D eigenvalue weighted by atomic mass is 10.1. The van der Waals surface area contributed by atoms with Gasteiger partial charge in [0.05, 0.1) is 17.6 Å². The summed E-state index contributed by atoms with van der Waals surface area (Å²) in [5, 5.41) is 13.5. The Bertz CT molecular complexity index is 1110. The second kappa shape index (κ2) is 8.87. The van der Waals surface area contributed by atoms with Crippen LogP contribution in [0.3, 0.4) is 0 Å². The molecular weight excluding hydrogens is 388 g/mol. The minimum atomic E-state index is -0.496. The SMILES string of the molecule is COC(=O)c1ccc(C)c(NC(=O)c2cccc(Oc3ccc([N+](=O)[O-])cc3)c2)c1. The van der Waals surface area contributed by atoms with Crippen molar-refractivity contribution in [2.24, 2.45) is 0 Å². The smallest absolute Gasteiger partial charge is 0.337 e. The minimum absolute atomic E-state index is 0.0416. The molecule has 0 aliphatic carbocycles. The van der Waals surface area contributed by atoms with Gasteiger partial charge in [-0.2, -0.15) is 0 Å². The zero-order chi connectivity index (χ0) is 21.7. The Morgan fingerprint density at radius 3 is 2.33 bits per heavy atom. The molecule has 3 aromatic rings. The second-order valence-corrected chi connectivity index (χ2v) is 6.36. The number of benzene rings is 3. The molecule has 8 nitrogen and oxygen atoms in total. The number of non-ortho nitro benzene ring substituents is 1. The Hall–Kier alpha value is -4.20. The minimum Gasteiger partial charge on any atom is -0.465 e. The Morgan fingerprint density at radius 2 is 1.67 bits per heavy atom. The summed E-state index contributed by atoms with van der Waals surface area (Å²) in [5.74, 6) is -0.0745. The maximum absolute atomic E-state index is 12.7. The second-order valence-electron chi connectivity index (χ2n) is 6.36. The molecule has 0 saturated heterocycles. The molecular formula is C22H18N2O6. The standard InChI is InChI=1S/C22H18N2O6/c1-14-6-7-16(22(26)29-2)13-20(14)23-21(25)15-4-3-5-19(12-15)30-18-10-8-17(9-11-18)24(27)28/h3-13H,1-2H3,(H,23,25). The van der Waals surface area contributed by atoms with Crippen LogP contribution in [0.25, 0.3) is 0 Å². The Balaban J connectivity index is 1.76. The fraction of sp³-hybridized carbons (Fsp3) is 0.0909. The van der Waals surface area contributed by atoms with Crippen molar-refractivity contribution in [2.45, 2.75) is 6.92 Å². The highest BCUT2D eigenvalue weighted by atomic mass is 16.6. The Morgan fingerprint density at radius 1 is 0.933 bits per heavy atom. The predicted molar refractivity (Wildman–Crippen MR) is 110 cm³/mol. The fourth-order valence-electron chi connectivity index (χ4n) is 2.67. The number of nitro groups is 1. The van der Waals surface area contributed by atoms with Gasteiger partial charge in [-0.05, 0) is 55.0 Å². The van der Waals surface area contributed by atoms with Gasteiger partial charge in [0.25, 0.3) is 11.6 Å². The van der Waals surface area contributed by atoms with Crippen LogP contribution in [0.1, 0.15) is 26.3 Å². The van der Waals surface area contributed by atoms with Crippen LogP contribution in [0.5, 0.6) is 11.5 Å². The van der Waals surface area contributed by atoms with Crippen molar-refractivity contribution in [1.82, 2.24) is 0 Å². The van der Waals surface area contributed by atoms with Gasteiger partial charge in [0.2, 0.25) is 0 Å². The monoisotopic (exact) mass is 406 g/mol. The van der Waals surface area contributed by atoms with Gasteiger partial charge in [-0.3, -0.25) is 14.9 Å². The quantitative estimate of drug-likeness (QED) is 0.360. The average Bonchev–Trinajstić information content (AvgIpc) is 2.75. The lowest BCUT2D eigenvalue weighted by Gasteiger charge is -2.11. The number of nitro benzene ring substituents is 1. The van der Waals surface area contributed by atoms with Gasteiger partial charge in [-0.25, -0.2) is 4.79 Å². The van der Waals surface area contributed by atoms with Crippen LogP contribution in [0, 0.1) is 17.0 Å². The zero-order valence-corrected chi connectivity index (χ0v) is 16.2. The molecule has 152 valence electrons. The first-order chi connectivity index (χ1) is 14.4. The number of ether oxygens (including phenoxy) is 2. The van der Waals surface area contributed by atoms with E-state index in [2.05, 4.69) is 5.32 Å². The van der Waals surface area contributed by atoms with Crippen molar-refractivity contribution in [3.05, 3.63) is 93.5 Å². The fourth-order valence-corrected chi connectivity index (χ4v) is 2.67. The van der Waals surface area contributed by atoms with E-state index >= 15 is 0 Å². The number of hydrogen-bond donors (Lipinski definition) is 1. The summed E-state index contributed by atoms with van der Waals surface area (Å²) in [4.78, 5) is 34.6. The van der Waals surface area contributed by atoms with Crippen molar-refractivity contribution in [3.8, 4) is 11.5 Å². The summed E-state index contributed by atoms with van der Waals surface area (Å²) in [7, 11) is 1.29. The third-order valence-corrected chi connectivity index (χ3v) is 4.29. The van der Waals surface area contributed by atoms with Gasteiger partial charge in [0.1, 0.15) is 11.5 Å². The van der Waals surface area contributed by atoms with Crippen LogP contribution in [0.15, 0.2) is 66.7 Å². The molecule has 0 atom stereocenters. The van der Waals surface area contributed by atoms with E-state index in [1.54, 1.807) is 42.5 Å². The van der Waals surface area contributed by atoms with Crippen LogP contribution in [-0.2, 0) is 4.74 Å². The van der Waals surface area contributed by atoms with Crippen LogP contribution >= 0.6 is 0 Å². The van der Waals surface area contributed by atoms with Crippen molar-refractivity contribution >= 4 is 23.3 Å². The van der Waals surface area contributed by atoms with Crippen LogP contribution in [-0.4, -0.2) is 23.9 Å². The van der Waals surface area contributed by atoms with Gasteiger partial charge in [0.15, 0.2) is 0 Å². The molecule has 3 aromatic carbocycles. The molecule has 8 heteroatoms. The summed E-state index contributed by atoms with van der Waals surface area (Å²) < 4.78 is 10.4. The predicted octanol–water partition coefficient (Wildman–Crippen LogP) is 4.73. The van der Waals surface area contributed by atoms with E-state index in [9.17, 15) is 19.7 Å². The van der Waals surface area contributed by atoms with E-state index in [1.165, 1.54) is 31.4 Å². The number of carbonyl (C=O) groups is 2. The number of nitrogens with zero attached hydrogens (tertiary/aromatic N) is 1. The number of carbonyl (C=O) groups excluding carboxylic acids is 2. The lowest BCUT2D eigenvalue weighted by molar-refractivity contribution is -0.384. The maximum Gasteiger partial charge on any atom is 0.337 e. The molecule has 0 heterocycles. The van der Waals surface area contributed by atoms with Crippen molar-refractivity contribution in [2.75, 3.05) is 12.4 Å². The van der Waals surface area contributed by atoms with E-state index < -0.39 is 10.9 Å². The summed E-state index contributed by atoms with van der Waals surface area (Å²) in [6.07, 6.45) is 0. The number of anilines is 1. The summed E-state index contributed by atoms with van der Waals surface area (Å²) in [6.45, 7) is 1.81. The summed E-state index contributed by atoms with van der Waals surface area (Å²) in [5.41, 5.74) is 1.91. The van der Waals surface area contributed by atoms with E-state index in [-0.39, 0.29) is 11.6 Å². The van der Waals surface area contributed by atoms with Crippen LogP contribution in [0.4, 0.5) is 11.4 Å². The average molecular weight is 406 g/mol. The third kappa shape index (κ3) is 4.79. The lowest BCUT2D eigenvalue weighted by Crippen LogP contribution is -2.13. The third-order valence-electron chi connectivity index (χ3n) is 4.29. The summed E-state index contributed by atoms with van der Waals surface area (Å²) in [6, 6.07) is 17.0. The largest absolute Gasteiger partial charge is 0.465 e. The normalized spacial score (nSPS) is 10.2. The Labute approximate surface area is 172 Å². The first kappa shape index (κ1) is 20.5. The number of rotatable bonds is 6. The van der Waals surface area contributed by atoms with E-state index in [4.69, 9.17) is 9.47 Å². The highest BCUT2D eigenvalue weighted by molar-refractivity contribution is 6.05. The molecule has 0 unspecified atom stereocenters.